The monoisotopic (exact) mass is 328 g/mol. The van der Waals surface area contributed by atoms with Gasteiger partial charge < -0.3 is 9.64 Å². The number of ether oxygens (including phenoxy) is 1. The van der Waals surface area contributed by atoms with E-state index in [2.05, 4.69) is 15.4 Å². The molecule has 0 spiro atoms. The molecule has 1 heterocycles. The summed E-state index contributed by atoms with van der Waals surface area (Å²) in [6.07, 6.45) is 0.164. The van der Waals surface area contributed by atoms with E-state index in [9.17, 15) is 4.79 Å². The van der Waals surface area contributed by atoms with Crippen LogP contribution < -0.4 is 4.74 Å². The number of nitriles is 1. The van der Waals surface area contributed by atoms with Gasteiger partial charge in [0.15, 0.2) is 0 Å². The molecule has 2 aromatic rings. The summed E-state index contributed by atoms with van der Waals surface area (Å²) in [5.41, 5.74) is 0.715. The molecule has 126 valence electrons. The molecule has 1 aromatic carbocycles. The van der Waals surface area contributed by atoms with Crippen molar-refractivity contribution in [2.24, 2.45) is 0 Å². The first-order valence-electron chi connectivity index (χ1n) is 7.58. The molecule has 8 heteroatoms. The first-order valence-corrected chi connectivity index (χ1v) is 7.58. The predicted octanol–water partition coefficient (Wildman–Crippen LogP) is 2.04. The van der Waals surface area contributed by atoms with Crippen molar-refractivity contribution in [3.63, 3.8) is 0 Å². The summed E-state index contributed by atoms with van der Waals surface area (Å²) in [4.78, 5) is 15.1. The smallest absolute Gasteiger partial charge is 0.372 e. The average Bonchev–Trinajstić information content (AvgIpc) is 2.94. The lowest BCUT2D eigenvalue weighted by Crippen LogP contribution is -2.48. The summed E-state index contributed by atoms with van der Waals surface area (Å²) >= 11 is 0. The Morgan fingerprint density at radius 1 is 1.33 bits per heavy atom. The molecule has 0 radical (unpaired) electrons. The third kappa shape index (κ3) is 4.78. The number of nitrogens with zero attached hydrogens (tertiary/aromatic N) is 6. The lowest BCUT2D eigenvalue weighted by molar-refractivity contribution is 0.104. The Labute approximate surface area is 140 Å². The van der Waals surface area contributed by atoms with Gasteiger partial charge in [-0.25, -0.2) is 4.79 Å². The maximum Gasteiger partial charge on any atom is 0.418 e. The van der Waals surface area contributed by atoms with Gasteiger partial charge in [-0.05, 0) is 38.0 Å². The molecule has 2 rings (SSSR count). The van der Waals surface area contributed by atoms with Crippen molar-refractivity contribution in [2.45, 2.75) is 39.3 Å². The van der Waals surface area contributed by atoms with Gasteiger partial charge in [0.2, 0.25) is 0 Å². The first kappa shape index (κ1) is 17.4. The van der Waals surface area contributed by atoms with Crippen LogP contribution in [0.25, 0.3) is 0 Å². The van der Waals surface area contributed by atoms with Gasteiger partial charge in [0.1, 0.15) is 6.54 Å². The zero-order valence-corrected chi connectivity index (χ0v) is 14.0. The highest BCUT2D eigenvalue weighted by atomic mass is 16.6. The number of hydrogen-bond donors (Lipinski definition) is 0. The number of benzene rings is 1. The van der Waals surface area contributed by atoms with Gasteiger partial charge >= 0.3 is 12.1 Å². The van der Waals surface area contributed by atoms with Crippen LogP contribution in [-0.2, 0) is 13.0 Å². The van der Waals surface area contributed by atoms with Gasteiger partial charge in [-0.2, -0.15) is 5.26 Å². The van der Waals surface area contributed by atoms with Crippen molar-refractivity contribution in [2.75, 3.05) is 6.54 Å². The van der Waals surface area contributed by atoms with E-state index in [0.717, 1.165) is 10.4 Å². The number of rotatable bonds is 5. The summed E-state index contributed by atoms with van der Waals surface area (Å²) in [6.45, 7) is 6.23. The van der Waals surface area contributed by atoms with Gasteiger partial charge in [-0.15, -0.1) is 4.80 Å². The summed E-state index contributed by atoms with van der Waals surface area (Å²) < 4.78 is 5.19. The lowest BCUT2D eigenvalue weighted by Gasteiger charge is -2.34. The van der Waals surface area contributed by atoms with Crippen molar-refractivity contribution >= 4 is 6.09 Å². The molecule has 24 heavy (non-hydrogen) atoms. The van der Waals surface area contributed by atoms with E-state index in [1.54, 1.807) is 4.90 Å². The molecule has 0 fully saturated rings. The number of tetrazole rings is 1. The molecule has 0 N–H and O–H groups in total. The summed E-state index contributed by atoms with van der Waals surface area (Å²) in [6, 6.07) is 11.6. The molecular formula is C16H20N6O2. The second kappa shape index (κ2) is 7.55. The normalized spacial score (nSPS) is 10.9. The molecule has 0 saturated heterocycles. The third-order valence-electron chi connectivity index (χ3n) is 3.32. The lowest BCUT2D eigenvalue weighted by atomic mass is 10.1. The van der Waals surface area contributed by atoms with Crippen molar-refractivity contribution in [3.05, 3.63) is 35.9 Å². The van der Waals surface area contributed by atoms with Gasteiger partial charge in [0.25, 0.3) is 0 Å². The van der Waals surface area contributed by atoms with Crippen LogP contribution in [0.15, 0.2) is 30.3 Å². The van der Waals surface area contributed by atoms with Gasteiger partial charge in [-0.3, -0.25) is 0 Å². The summed E-state index contributed by atoms with van der Waals surface area (Å²) in [5.74, 6) is 0. The van der Waals surface area contributed by atoms with Crippen LogP contribution in [0.3, 0.4) is 0 Å². The largest absolute Gasteiger partial charge is 0.418 e. The second-order valence-electron chi connectivity index (χ2n) is 6.19. The van der Waals surface area contributed by atoms with Crippen molar-refractivity contribution in [1.82, 2.24) is 25.1 Å². The highest BCUT2D eigenvalue weighted by Crippen LogP contribution is 2.16. The predicted molar refractivity (Wildman–Crippen MR) is 86.1 cm³/mol. The van der Waals surface area contributed by atoms with Crippen LogP contribution in [0.1, 0.15) is 26.3 Å². The average molecular weight is 328 g/mol. The van der Waals surface area contributed by atoms with Crippen LogP contribution in [0.2, 0.25) is 0 Å². The van der Waals surface area contributed by atoms with Crippen LogP contribution in [0.5, 0.6) is 6.01 Å². The van der Waals surface area contributed by atoms with Crippen molar-refractivity contribution < 1.29 is 9.53 Å². The Balaban J connectivity index is 2.03. The fourth-order valence-corrected chi connectivity index (χ4v) is 2.12. The van der Waals surface area contributed by atoms with E-state index in [1.807, 2.05) is 57.2 Å². The molecule has 0 aliphatic carbocycles. The third-order valence-corrected chi connectivity index (χ3v) is 3.32. The zero-order valence-electron chi connectivity index (χ0n) is 14.0. The molecule has 1 aromatic heterocycles. The molecule has 0 saturated carbocycles. The van der Waals surface area contributed by atoms with Gasteiger partial charge in [0.05, 0.1) is 6.07 Å². The van der Waals surface area contributed by atoms with E-state index >= 15 is 0 Å². The number of aromatic nitrogens is 4. The van der Waals surface area contributed by atoms with Crippen LogP contribution in [0.4, 0.5) is 4.79 Å². The fourth-order valence-electron chi connectivity index (χ4n) is 2.12. The minimum absolute atomic E-state index is 0.0540. The molecule has 1 amide bonds. The van der Waals surface area contributed by atoms with E-state index in [-0.39, 0.29) is 12.6 Å². The van der Waals surface area contributed by atoms with Crippen molar-refractivity contribution in [1.29, 1.82) is 5.26 Å². The summed E-state index contributed by atoms with van der Waals surface area (Å²) in [5, 5.41) is 19.7. The molecule has 0 bridgehead atoms. The first-order chi connectivity index (χ1) is 11.4. The van der Waals surface area contributed by atoms with Crippen LogP contribution in [-0.4, -0.2) is 43.3 Å². The molecule has 0 unspecified atom stereocenters. The standard InChI is InChI=1S/C16H20N6O2/c1-16(2,3)21(11-9-13-7-5-4-6-8-13)15(23)24-14-18-20-22(19-14)12-10-17/h4-8H,9,11-12H2,1-3H3. The maximum atomic E-state index is 12.5. The number of carbonyl (C=O) groups is 1. The Morgan fingerprint density at radius 3 is 2.67 bits per heavy atom. The van der Waals surface area contributed by atoms with Gasteiger partial charge in [-0.1, -0.05) is 40.5 Å². The minimum Gasteiger partial charge on any atom is -0.372 e. The Bertz CT molecular complexity index is 714. The molecule has 0 aliphatic rings. The maximum absolute atomic E-state index is 12.5. The van der Waals surface area contributed by atoms with E-state index < -0.39 is 11.6 Å². The fraction of sp³-hybridized carbons (Fsp3) is 0.438. The number of carbonyl (C=O) groups excluding carboxylic acids is 1. The highest BCUT2D eigenvalue weighted by Gasteiger charge is 2.28. The SMILES string of the molecule is CC(C)(C)N(CCc1ccccc1)C(=O)Oc1nnn(CC#N)n1. The quantitative estimate of drug-likeness (QED) is 0.833. The topological polar surface area (TPSA) is 96.9 Å². The Kier molecular flexibility index (Phi) is 5.47. The van der Waals surface area contributed by atoms with Crippen LogP contribution in [0, 0.1) is 11.3 Å². The van der Waals surface area contributed by atoms with Crippen LogP contribution >= 0.6 is 0 Å². The minimum atomic E-state index is -0.546. The molecule has 8 nitrogen and oxygen atoms in total. The molecule has 0 aliphatic heterocycles. The molecule has 0 atom stereocenters. The second-order valence-corrected chi connectivity index (χ2v) is 6.19. The van der Waals surface area contributed by atoms with Crippen molar-refractivity contribution in [3.8, 4) is 12.1 Å². The Hall–Kier alpha value is -2.95. The molecular weight excluding hydrogens is 308 g/mol. The summed E-state index contributed by atoms with van der Waals surface area (Å²) in [7, 11) is 0. The van der Waals surface area contributed by atoms with Gasteiger partial charge in [0, 0.05) is 12.1 Å². The number of hydrogen-bond acceptors (Lipinski definition) is 6. The van der Waals surface area contributed by atoms with E-state index in [0.29, 0.717) is 13.0 Å². The zero-order chi connectivity index (χ0) is 17.6. The van der Waals surface area contributed by atoms with E-state index in [4.69, 9.17) is 10.00 Å². The van der Waals surface area contributed by atoms with E-state index in [1.165, 1.54) is 0 Å². The number of amides is 1. The Morgan fingerprint density at radius 2 is 2.04 bits per heavy atom. The highest BCUT2D eigenvalue weighted by molar-refractivity contribution is 5.70.